The molecule has 0 unspecified atom stereocenters. The predicted octanol–water partition coefficient (Wildman–Crippen LogP) is 2.21. The molecule has 0 fully saturated rings. The SMILES string of the molecule is Cc1nc2c(C#N)cnn2c(C)c1CCC(=O)Nc1cc(-n2nnnc2C)ccc1F. The molecule has 0 bridgehead atoms. The summed E-state index contributed by atoms with van der Waals surface area (Å²) in [4.78, 5) is 17.0. The van der Waals surface area contributed by atoms with Crippen LogP contribution in [0.4, 0.5) is 10.1 Å². The number of tetrazole rings is 1. The minimum atomic E-state index is -0.557. The number of halogens is 1. The summed E-state index contributed by atoms with van der Waals surface area (Å²) in [5, 5.41) is 27.2. The highest BCUT2D eigenvalue weighted by Gasteiger charge is 2.16. The number of amides is 1. The molecule has 156 valence electrons. The summed E-state index contributed by atoms with van der Waals surface area (Å²) in [6, 6.07) is 6.33. The summed E-state index contributed by atoms with van der Waals surface area (Å²) in [5.74, 6) is -0.365. The van der Waals surface area contributed by atoms with E-state index in [0.29, 0.717) is 29.1 Å². The van der Waals surface area contributed by atoms with Crippen molar-refractivity contribution in [3.8, 4) is 11.8 Å². The van der Waals surface area contributed by atoms with Gasteiger partial charge in [0.25, 0.3) is 0 Å². The second-order valence-corrected chi connectivity index (χ2v) is 7.02. The minimum Gasteiger partial charge on any atom is -0.324 e. The van der Waals surface area contributed by atoms with Gasteiger partial charge in [0.05, 0.1) is 17.6 Å². The van der Waals surface area contributed by atoms with Crippen LogP contribution in [0.25, 0.3) is 11.3 Å². The maximum absolute atomic E-state index is 14.3. The molecule has 0 aliphatic heterocycles. The molecule has 11 heteroatoms. The number of carbonyl (C=O) groups is 1. The highest BCUT2D eigenvalue weighted by Crippen LogP contribution is 2.21. The molecule has 0 saturated carbocycles. The molecule has 10 nitrogen and oxygen atoms in total. The number of carbonyl (C=O) groups excluding carboxylic acids is 1. The summed E-state index contributed by atoms with van der Waals surface area (Å²) < 4.78 is 17.3. The van der Waals surface area contributed by atoms with E-state index in [0.717, 1.165) is 17.0 Å². The molecule has 3 heterocycles. The van der Waals surface area contributed by atoms with Gasteiger partial charge in [-0.15, -0.1) is 5.10 Å². The Morgan fingerprint density at radius 3 is 2.81 bits per heavy atom. The Balaban J connectivity index is 1.52. The van der Waals surface area contributed by atoms with Crippen LogP contribution in [0.3, 0.4) is 0 Å². The van der Waals surface area contributed by atoms with Gasteiger partial charge in [-0.2, -0.15) is 15.0 Å². The molecule has 1 N–H and O–H groups in total. The Bertz CT molecular complexity index is 1350. The Morgan fingerprint density at radius 2 is 2.10 bits per heavy atom. The van der Waals surface area contributed by atoms with Crippen molar-refractivity contribution in [2.45, 2.75) is 33.6 Å². The normalized spacial score (nSPS) is 10.9. The molecule has 0 radical (unpaired) electrons. The zero-order valence-corrected chi connectivity index (χ0v) is 17.1. The molecule has 0 aliphatic carbocycles. The Hall–Kier alpha value is -4.20. The quantitative estimate of drug-likeness (QED) is 0.525. The number of anilines is 1. The molecule has 0 aliphatic rings. The first-order chi connectivity index (χ1) is 14.9. The molecule has 1 aromatic carbocycles. The van der Waals surface area contributed by atoms with E-state index in [9.17, 15) is 14.4 Å². The number of hydrogen-bond donors (Lipinski definition) is 1. The van der Waals surface area contributed by atoms with E-state index in [-0.39, 0.29) is 18.0 Å². The molecule has 31 heavy (non-hydrogen) atoms. The van der Waals surface area contributed by atoms with E-state index in [1.165, 1.54) is 29.1 Å². The van der Waals surface area contributed by atoms with Crippen molar-refractivity contribution >= 4 is 17.2 Å². The number of nitriles is 1. The lowest BCUT2D eigenvalue weighted by atomic mass is 10.1. The molecular formula is C20H18FN9O. The molecular weight excluding hydrogens is 401 g/mol. The van der Waals surface area contributed by atoms with Crippen molar-refractivity contribution in [2.75, 3.05) is 5.32 Å². The number of hydrogen-bond acceptors (Lipinski definition) is 7. The van der Waals surface area contributed by atoms with E-state index in [1.54, 1.807) is 11.4 Å². The molecule has 4 aromatic rings. The Kier molecular flexibility index (Phi) is 5.12. The third kappa shape index (κ3) is 3.71. The van der Waals surface area contributed by atoms with E-state index in [1.807, 2.05) is 13.8 Å². The molecule has 0 saturated heterocycles. The zero-order valence-electron chi connectivity index (χ0n) is 17.1. The number of nitrogens with one attached hydrogen (secondary N) is 1. The monoisotopic (exact) mass is 419 g/mol. The summed E-state index contributed by atoms with van der Waals surface area (Å²) >= 11 is 0. The van der Waals surface area contributed by atoms with E-state index >= 15 is 0 Å². The minimum absolute atomic E-state index is 0.0464. The van der Waals surface area contributed by atoms with Gasteiger partial charge in [0, 0.05) is 17.8 Å². The summed E-state index contributed by atoms with van der Waals surface area (Å²) in [5.41, 5.74) is 3.84. The highest BCUT2D eigenvalue weighted by atomic mass is 19.1. The number of aryl methyl sites for hydroxylation is 3. The lowest BCUT2D eigenvalue weighted by molar-refractivity contribution is -0.116. The van der Waals surface area contributed by atoms with Crippen molar-refractivity contribution in [3.05, 3.63) is 58.6 Å². The van der Waals surface area contributed by atoms with Gasteiger partial charge in [0.1, 0.15) is 17.4 Å². The Morgan fingerprint density at radius 1 is 1.29 bits per heavy atom. The van der Waals surface area contributed by atoms with Crippen LogP contribution in [0, 0.1) is 37.9 Å². The average Bonchev–Trinajstić information content (AvgIpc) is 3.35. The van der Waals surface area contributed by atoms with Crippen LogP contribution in [-0.4, -0.2) is 40.7 Å². The summed E-state index contributed by atoms with van der Waals surface area (Å²) in [6.45, 7) is 5.41. The second kappa shape index (κ2) is 7.91. The Labute approximate surface area is 176 Å². The van der Waals surface area contributed by atoms with Gasteiger partial charge in [-0.25, -0.2) is 13.9 Å². The van der Waals surface area contributed by atoms with Crippen LogP contribution in [0.2, 0.25) is 0 Å². The fraction of sp³-hybridized carbons (Fsp3) is 0.250. The highest BCUT2D eigenvalue weighted by molar-refractivity contribution is 5.91. The fourth-order valence-electron chi connectivity index (χ4n) is 3.41. The van der Waals surface area contributed by atoms with Crippen molar-refractivity contribution in [3.63, 3.8) is 0 Å². The first kappa shape index (κ1) is 20.1. The number of rotatable bonds is 5. The summed E-state index contributed by atoms with van der Waals surface area (Å²) in [6.07, 6.45) is 1.98. The standard InChI is InChI=1S/C20H18FN9O/c1-11-16(12(2)29-20(24-11)14(9-22)10-23-29)5-7-19(31)25-18-8-15(4-6-17(18)21)30-13(3)26-27-28-30/h4,6,8,10H,5,7H2,1-3H3,(H,25,31). The van der Waals surface area contributed by atoms with Crippen molar-refractivity contribution in [2.24, 2.45) is 0 Å². The largest absolute Gasteiger partial charge is 0.324 e. The van der Waals surface area contributed by atoms with Gasteiger partial charge in [-0.3, -0.25) is 4.79 Å². The van der Waals surface area contributed by atoms with Gasteiger partial charge in [0.2, 0.25) is 5.91 Å². The fourth-order valence-corrected chi connectivity index (χ4v) is 3.41. The number of benzene rings is 1. The molecule has 3 aromatic heterocycles. The number of aromatic nitrogens is 7. The maximum atomic E-state index is 14.3. The van der Waals surface area contributed by atoms with Crippen molar-refractivity contribution in [1.29, 1.82) is 5.26 Å². The van der Waals surface area contributed by atoms with Gasteiger partial charge < -0.3 is 5.32 Å². The zero-order chi connectivity index (χ0) is 22.1. The van der Waals surface area contributed by atoms with Gasteiger partial charge in [-0.1, -0.05) is 0 Å². The average molecular weight is 419 g/mol. The van der Waals surface area contributed by atoms with Crippen LogP contribution in [0.15, 0.2) is 24.4 Å². The summed E-state index contributed by atoms with van der Waals surface area (Å²) in [7, 11) is 0. The molecule has 0 spiro atoms. The van der Waals surface area contributed by atoms with Gasteiger partial charge in [-0.05, 0) is 61.4 Å². The lowest BCUT2D eigenvalue weighted by Gasteiger charge is -2.12. The molecule has 0 atom stereocenters. The van der Waals surface area contributed by atoms with Crippen molar-refractivity contribution < 1.29 is 9.18 Å². The van der Waals surface area contributed by atoms with Crippen LogP contribution < -0.4 is 5.32 Å². The number of fused-ring (bicyclic) bond motifs is 1. The van der Waals surface area contributed by atoms with E-state index in [4.69, 9.17) is 0 Å². The third-order valence-electron chi connectivity index (χ3n) is 5.03. The molecule has 4 rings (SSSR count). The third-order valence-corrected chi connectivity index (χ3v) is 5.03. The number of nitrogens with zero attached hydrogens (tertiary/aromatic N) is 8. The second-order valence-electron chi connectivity index (χ2n) is 7.02. The first-order valence-electron chi connectivity index (χ1n) is 9.47. The van der Waals surface area contributed by atoms with Crippen LogP contribution >= 0.6 is 0 Å². The lowest BCUT2D eigenvalue weighted by Crippen LogP contribution is -2.15. The van der Waals surface area contributed by atoms with E-state index in [2.05, 4.69) is 37.0 Å². The maximum Gasteiger partial charge on any atom is 0.224 e. The van der Waals surface area contributed by atoms with Gasteiger partial charge in [0.15, 0.2) is 11.5 Å². The predicted molar refractivity (Wildman–Crippen MR) is 108 cm³/mol. The molecule has 1 amide bonds. The topological polar surface area (TPSA) is 127 Å². The van der Waals surface area contributed by atoms with Crippen LogP contribution in [0.1, 0.15) is 34.8 Å². The van der Waals surface area contributed by atoms with Crippen LogP contribution in [-0.2, 0) is 11.2 Å². The van der Waals surface area contributed by atoms with Gasteiger partial charge >= 0.3 is 0 Å². The smallest absolute Gasteiger partial charge is 0.224 e. The first-order valence-corrected chi connectivity index (χ1v) is 9.47. The van der Waals surface area contributed by atoms with Crippen LogP contribution in [0.5, 0.6) is 0 Å². The van der Waals surface area contributed by atoms with Crippen molar-refractivity contribution in [1.82, 2.24) is 34.8 Å². The van der Waals surface area contributed by atoms with E-state index < -0.39 is 5.82 Å².